The van der Waals surface area contributed by atoms with Crippen LogP contribution in [0.15, 0.2) is 30.3 Å². The number of rotatable bonds is 7. The SMILES string of the molecule is CN(C)C(=O)c1nn(CC2CCCCC2)c2c1C[C@H](NC1CCN(Cc3ccccc3)CC1)CC2. The largest absolute Gasteiger partial charge is 0.343 e. The van der Waals surface area contributed by atoms with Gasteiger partial charge in [-0.05, 0) is 69.5 Å². The second kappa shape index (κ2) is 11.3. The maximum Gasteiger partial charge on any atom is 0.274 e. The van der Waals surface area contributed by atoms with Crippen molar-refractivity contribution < 1.29 is 4.79 Å². The van der Waals surface area contributed by atoms with Crippen molar-refractivity contribution in [3.05, 3.63) is 52.8 Å². The van der Waals surface area contributed by atoms with Crippen LogP contribution >= 0.6 is 0 Å². The number of amides is 1. The molecular formula is C29H43N5O. The molecule has 2 heterocycles. The van der Waals surface area contributed by atoms with Crippen LogP contribution in [0.4, 0.5) is 0 Å². The summed E-state index contributed by atoms with van der Waals surface area (Å²) in [7, 11) is 3.69. The van der Waals surface area contributed by atoms with Gasteiger partial charge in [0.25, 0.3) is 5.91 Å². The van der Waals surface area contributed by atoms with Crippen LogP contribution in [0, 0.1) is 5.92 Å². The van der Waals surface area contributed by atoms with Gasteiger partial charge in [-0.1, -0.05) is 49.6 Å². The molecule has 1 saturated carbocycles. The molecule has 1 aromatic carbocycles. The van der Waals surface area contributed by atoms with E-state index >= 15 is 0 Å². The molecule has 0 spiro atoms. The van der Waals surface area contributed by atoms with Gasteiger partial charge in [0, 0.05) is 50.5 Å². The van der Waals surface area contributed by atoms with Crippen LogP contribution in [0.3, 0.4) is 0 Å². The van der Waals surface area contributed by atoms with E-state index in [4.69, 9.17) is 5.10 Å². The third-order valence-corrected chi connectivity index (χ3v) is 8.42. The topological polar surface area (TPSA) is 53.4 Å². The van der Waals surface area contributed by atoms with Gasteiger partial charge >= 0.3 is 0 Å². The van der Waals surface area contributed by atoms with E-state index < -0.39 is 0 Å². The van der Waals surface area contributed by atoms with Crippen LogP contribution < -0.4 is 5.32 Å². The Morgan fingerprint density at radius 2 is 1.74 bits per heavy atom. The van der Waals surface area contributed by atoms with Gasteiger partial charge in [-0.3, -0.25) is 14.4 Å². The molecule has 1 saturated heterocycles. The van der Waals surface area contributed by atoms with Gasteiger partial charge in [0.1, 0.15) is 0 Å². The summed E-state index contributed by atoms with van der Waals surface area (Å²) in [5.41, 5.74) is 4.65. The van der Waals surface area contributed by atoms with E-state index in [1.165, 1.54) is 61.8 Å². The summed E-state index contributed by atoms with van der Waals surface area (Å²) in [5.74, 6) is 0.769. The molecule has 6 heteroatoms. The number of likely N-dealkylation sites (tertiary alicyclic amines) is 1. The molecule has 0 radical (unpaired) electrons. The predicted molar refractivity (Wildman–Crippen MR) is 141 cm³/mol. The Morgan fingerprint density at radius 1 is 1.00 bits per heavy atom. The van der Waals surface area contributed by atoms with Crippen molar-refractivity contribution in [1.29, 1.82) is 0 Å². The molecule has 2 aromatic rings. The first kappa shape index (κ1) is 24.5. The van der Waals surface area contributed by atoms with Crippen molar-refractivity contribution in [2.45, 2.75) is 89.4 Å². The highest BCUT2D eigenvalue weighted by molar-refractivity contribution is 5.93. The van der Waals surface area contributed by atoms with E-state index in [0.717, 1.165) is 45.4 Å². The summed E-state index contributed by atoms with van der Waals surface area (Å²) in [6.45, 7) is 4.33. The smallest absolute Gasteiger partial charge is 0.274 e. The Kier molecular flexibility index (Phi) is 7.88. The zero-order chi connectivity index (χ0) is 24.2. The van der Waals surface area contributed by atoms with Gasteiger partial charge in [0.15, 0.2) is 5.69 Å². The lowest BCUT2D eigenvalue weighted by Crippen LogP contribution is -2.47. The molecule has 6 nitrogen and oxygen atoms in total. The summed E-state index contributed by atoms with van der Waals surface area (Å²) in [6, 6.07) is 11.8. The van der Waals surface area contributed by atoms with Crippen LogP contribution in [-0.4, -0.2) is 64.8 Å². The van der Waals surface area contributed by atoms with Crippen molar-refractivity contribution in [3.63, 3.8) is 0 Å². The number of nitrogens with zero attached hydrogens (tertiary/aromatic N) is 4. The Balaban J connectivity index is 1.21. The molecule has 5 rings (SSSR count). The van der Waals surface area contributed by atoms with Gasteiger partial charge < -0.3 is 10.2 Å². The Bertz CT molecular complexity index is 970. The molecule has 1 amide bonds. The molecule has 0 unspecified atom stereocenters. The quantitative estimate of drug-likeness (QED) is 0.647. The molecule has 3 aliphatic rings. The minimum absolute atomic E-state index is 0.0542. The number of piperidine rings is 1. The van der Waals surface area contributed by atoms with Gasteiger partial charge in [-0.15, -0.1) is 0 Å². The summed E-state index contributed by atoms with van der Waals surface area (Å²) in [5, 5.41) is 8.91. The second-order valence-electron chi connectivity index (χ2n) is 11.3. The van der Waals surface area contributed by atoms with E-state index in [2.05, 4.69) is 45.2 Å². The van der Waals surface area contributed by atoms with Gasteiger partial charge in [0.05, 0.1) is 0 Å². The van der Waals surface area contributed by atoms with E-state index in [-0.39, 0.29) is 5.91 Å². The molecule has 1 aliphatic heterocycles. The molecular weight excluding hydrogens is 434 g/mol. The van der Waals surface area contributed by atoms with E-state index in [1.54, 1.807) is 4.90 Å². The van der Waals surface area contributed by atoms with Crippen LogP contribution in [0.1, 0.15) is 78.7 Å². The monoisotopic (exact) mass is 477 g/mol. The zero-order valence-corrected chi connectivity index (χ0v) is 21.7. The van der Waals surface area contributed by atoms with Crippen molar-refractivity contribution >= 4 is 5.91 Å². The van der Waals surface area contributed by atoms with Crippen molar-refractivity contribution in [3.8, 4) is 0 Å². The summed E-state index contributed by atoms with van der Waals surface area (Å²) < 4.78 is 2.22. The molecule has 1 atom stereocenters. The first-order valence-corrected chi connectivity index (χ1v) is 13.9. The minimum atomic E-state index is 0.0542. The summed E-state index contributed by atoms with van der Waals surface area (Å²) in [6.07, 6.45) is 12.2. The van der Waals surface area contributed by atoms with Gasteiger partial charge in [0.2, 0.25) is 0 Å². The molecule has 1 N–H and O–H groups in total. The lowest BCUT2D eigenvalue weighted by molar-refractivity contribution is 0.0819. The highest BCUT2D eigenvalue weighted by Crippen LogP contribution is 2.30. The van der Waals surface area contributed by atoms with Crippen LogP contribution in [0.25, 0.3) is 0 Å². The number of carbonyl (C=O) groups excluding carboxylic acids is 1. The number of aromatic nitrogens is 2. The van der Waals surface area contributed by atoms with Crippen LogP contribution in [-0.2, 0) is 25.9 Å². The normalized spacial score (nSPS) is 22.2. The van der Waals surface area contributed by atoms with Gasteiger partial charge in [-0.2, -0.15) is 5.10 Å². The predicted octanol–water partition coefficient (Wildman–Crippen LogP) is 4.28. The highest BCUT2D eigenvalue weighted by atomic mass is 16.2. The Morgan fingerprint density at radius 3 is 2.46 bits per heavy atom. The molecule has 2 aliphatic carbocycles. The average molecular weight is 478 g/mol. The molecule has 2 fully saturated rings. The highest BCUT2D eigenvalue weighted by Gasteiger charge is 2.32. The fraction of sp³-hybridized carbons (Fsp3) is 0.655. The molecule has 0 bridgehead atoms. The fourth-order valence-corrected chi connectivity index (χ4v) is 6.41. The first-order chi connectivity index (χ1) is 17.1. The average Bonchev–Trinajstić information content (AvgIpc) is 3.23. The number of fused-ring (bicyclic) bond motifs is 1. The number of benzene rings is 1. The second-order valence-corrected chi connectivity index (χ2v) is 11.3. The standard InChI is InChI=1S/C29H43N5O/c1-32(2)29(35)28-26-19-25(13-14-27(26)34(31-28)21-23-11-7-4-8-12-23)30-24-15-17-33(18-16-24)20-22-9-5-3-6-10-22/h3,5-6,9-10,23-25,30H,4,7-8,11-21H2,1-2H3/t25-/m1/s1. The number of carbonyl (C=O) groups is 1. The Labute approximate surface area is 211 Å². The Hall–Kier alpha value is -2.18. The van der Waals surface area contributed by atoms with Crippen molar-refractivity contribution in [2.75, 3.05) is 27.2 Å². The molecule has 1 aromatic heterocycles. The zero-order valence-electron chi connectivity index (χ0n) is 21.7. The van der Waals surface area contributed by atoms with E-state index in [9.17, 15) is 4.79 Å². The maximum absolute atomic E-state index is 13.0. The van der Waals surface area contributed by atoms with Crippen molar-refractivity contribution in [2.24, 2.45) is 5.92 Å². The fourth-order valence-electron chi connectivity index (χ4n) is 6.41. The lowest BCUT2D eigenvalue weighted by Gasteiger charge is -2.36. The number of nitrogens with one attached hydrogen (secondary N) is 1. The summed E-state index contributed by atoms with van der Waals surface area (Å²) in [4.78, 5) is 17.3. The van der Waals surface area contributed by atoms with Crippen LogP contribution in [0.5, 0.6) is 0 Å². The summed E-state index contributed by atoms with van der Waals surface area (Å²) >= 11 is 0. The first-order valence-electron chi connectivity index (χ1n) is 13.9. The van der Waals surface area contributed by atoms with E-state index in [0.29, 0.717) is 23.7 Å². The minimum Gasteiger partial charge on any atom is -0.343 e. The van der Waals surface area contributed by atoms with Crippen molar-refractivity contribution in [1.82, 2.24) is 24.9 Å². The molecule has 190 valence electrons. The molecule has 35 heavy (non-hydrogen) atoms. The number of hydrogen-bond acceptors (Lipinski definition) is 4. The third-order valence-electron chi connectivity index (χ3n) is 8.42. The maximum atomic E-state index is 13.0. The lowest BCUT2D eigenvalue weighted by atomic mass is 9.88. The number of hydrogen-bond donors (Lipinski definition) is 1. The third kappa shape index (κ3) is 5.97. The van der Waals surface area contributed by atoms with Gasteiger partial charge in [-0.25, -0.2) is 0 Å². The van der Waals surface area contributed by atoms with Crippen LogP contribution in [0.2, 0.25) is 0 Å². The van der Waals surface area contributed by atoms with E-state index in [1.807, 2.05) is 14.1 Å².